The maximum atomic E-state index is 13.2. The fraction of sp³-hybridized carbons (Fsp3) is 0.348. The number of nitrogens with zero attached hydrogens (tertiary/aromatic N) is 2. The molecule has 7 nitrogen and oxygen atoms in total. The summed E-state index contributed by atoms with van der Waals surface area (Å²) < 4.78 is 26.9. The van der Waals surface area contributed by atoms with Crippen LogP contribution in [-0.2, 0) is 20.2 Å². The molecule has 2 aromatic heterocycles. The predicted molar refractivity (Wildman–Crippen MR) is 133 cm³/mol. The van der Waals surface area contributed by atoms with Crippen LogP contribution in [0.4, 0.5) is 10.8 Å². The number of hydrogen-bond donors (Lipinski definition) is 2. The number of thiazole rings is 1. The van der Waals surface area contributed by atoms with Crippen LogP contribution in [0.3, 0.4) is 0 Å². The summed E-state index contributed by atoms with van der Waals surface area (Å²) in [5.41, 5.74) is 3.95. The molecule has 10 heteroatoms. The molecule has 4 rings (SSSR count). The van der Waals surface area contributed by atoms with Crippen molar-refractivity contribution in [1.82, 2.24) is 9.97 Å². The highest BCUT2D eigenvalue weighted by Crippen LogP contribution is 2.34. The minimum absolute atomic E-state index is 0.229. The van der Waals surface area contributed by atoms with Gasteiger partial charge in [-0.25, -0.2) is 13.4 Å². The van der Waals surface area contributed by atoms with Crippen LogP contribution in [-0.4, -0.2) is 29.5 Å². The Bertz CT molecular complexity index is 1310. The van der Waals surface area contributed by atoms with E-state index in [2.05, 4.69) is 20.0 Å². The van der Waals surface area contributed by atoms with Crippen molar-refractivity contribution in [3.8, 4) is 11.1 Å². The summed E-state index contributed by atoms with van der Waals surface area (Å²) in [6.45, 7) is 7.41. The number of benzene rings is 1. The van der Waals surface area contributed by atoms with Gasteiger partial charge >= 0.3 is 0 Å². The molecule has 2 heterocycles. The van der Waals surface area contributed by atoms with E-state index in [1.807, 2.05) is 32.0 Å². The van der Waals surface area contributed by atoms with E-state index in [1.165, 1.54) is 11.3 Å². The van der Waals surface area contributed by atoms with Gasteiger partial charge < -0.3 is 5.32 Å². The molecule has 1 aliphatic rings. The zero-order valence-corrected chi connectivity index (χ0v) is 21.2. The number of sulfonamides is 1. The molecule has 1 saturated carbocycles. The van der Waals surface area contributed by atoms with Crippen LogP contribution in [0.5, 0.6) is 0 Å². The smallest absolute Gasteiger partial charge is 0.237 e. The van der Waals surface area contributed by atoms with Crippen molar-refractivity contribution in [2.24, 2.45) is 0 Å². The molecular formula is C23H25ClN4O3S2. The topological polar surface area (TPSA) is 101 Å². The van der Waals surface area contributed by atoms with Crippen molar-refractivity contribution in [2.75, 3.05) is 10.0 Å². The Morgan fingerprint density at radius 1 is 1.12 bits per heavy atom. The fourth-order valence-corrected chi connectivity index (χ4v) is 6.12. The van der Waals surface area contributed by atoms with Gasteiger partial charge in [0.15, 0.2) is 5.13 Å². The Hall–Kier alpha value is -2.49. The highest BCUT2D eigenvalue weighted by molar-refractivity contribution is 7.93. The maximum absolute atomic E-state index is 13.2. The van der Waals surface area contributed by atoms with Crippen LogP contribution in [0.25, 0.3) is 11.1 Å². The lowest BCUT2D eigenvalue weighted by molar-refractivity contribution is -0.120. The molecule has 2 N–H and O–H groups in total. The van der Waals surface area contributed by atoms with Gasteiger partial charge in [0.1, 0.15) is 0 Å². The Balaban J connectivity index is 1.54. The van der Waals surface area contributed by atoms with Crippen LogP contribution < -0.4 is 10.0 Å². The highest BCUT2D eigenvalue weighted by Gasteiger charge is 2.37. The molecule has 0 saturated heterocycles. The first kappa shape index (κ1) is 23.7. The van der Waals surface area contributed by atoms with Gasteiger partial charge in [0, 0.05) is 29.0 Å². The molecule has 1 aliphatic carbocycles. The normalized spacial score (nSPS) is 14.2. The summed E-state index contributed by atoms with van der Waals surface area (Å²) >= 11 is 7.26. The van der Waals surface area contributed by atoms with E-state index < -0.39 is 15.4 Å². The SMILES string of the molecule is Cc1cc(-c2cncc(Cl)c2)cc(C)c1NC(=O)C(C)(C)c1csc(NS(=O)(=O)C2CC2)n1. The number of nitrogens with one attached hydrogen (secondary N) is 2. The zero-order valence-electron chi connectivity index (χ0n) is 18.8. The van der Waals surface area contributed by atoms with Gasteiger partial charge in [0.25, 0.3) is 0 Å². The lowest BCUT2D eigenvalue weighted by Gasteiger charge is -2.23. The number of aromatic nitrogens is 2. The first-order valence-electron chi connectivity index (χ1n) is 10.5. The van der Waals surface area contributed by atoms with E-state index in [4.69, 9.17) is 11.6 Å². The Labute approximate surface area is 202 Å². The third-order valence-corrected chi connectivity index (χ3v) is 8.63. The number of amides is 1. The second-order valence-corrected chi connectivity index (χ2v) is 12.1. The summed E-state index contributed by atoms with van der Waals surface area (Å²) in [6.07, 6.45) is 4.68. The van der Waals surface area contributed by atoms with Crippen LogP contribution in [0.1, 0.15) is 43.5 Å². The molecule has 174 valence electrons. The first-order chi connectivity index (χ1) is 15.5. The van der Waals surface area contributed by atoms with E-state index in [9.17, 15) is 13.2 Å². The third kappa shape index (κ3) is 5.05. The number of halogens is 1. The van der Waals surface area contributed by atoms with Gasteiger partial charge in [-0.1, -0.05) is 11.6 Å². The number of aryl methyl sites for hydroxylation is 2. The average Bonchev–Trinajstić information content (AvgIpc) is 3.51. The Kier molecular flexibility index (Phi) is 6.24. The van der Waals surface area contributed by atoms with Crippen molar-refractivity contribution in [2.45, 2.75) is 51.2 Å². The van der Waals surface area contributed by atoms with E-state index in [-0.39, 0.29) is 16.3 Å². The predicted octanol–water partition coefficient (Wildman–Crippen LogP) is 5.30. The van der Waals surface area contributed by atoms with Crippen LogP contribution in [0.15, 0.2) is 36.0 Å². The maximum Gasteiger partial charge on any atom is 0.237 e. The highest BCUT2D eigenvalue weighted by atomic mass is 35.5. The van der Waals surface area contributed by atoms with Gasteiger partial charge in [-0.05, 0) is 75.4 Å². The number of anilines is 2. The molecule has 0 atom stereocenters. The Morgan fingerprint density at radius 3 is 2.39 bits per heavy atom. The summed E-state index contributed by atoms with van der Waals surface area (Å²) in [5, 5.41) is 5.27. The van der Waals surface area contributed by atoms with Gasteiger partial charge in [-0.3, -0.25) is 14.5 Å². The molecule has 3 aromatic rings. The quantitative estimate of drug-likeness (QED) is 0.455. The molecule has 1 aromatic carbocycles. The molecule has 1 fully saturated rings. The summed E-state index contributed by atoms with van der Waals surface area (Å²) in [7, 11) is -3.40. The number of hydrogen-bond acceptors (Lipinski definition) is 6. The van der Waals surface area contributed by atoms with E-state index >= 15 is 0 Å². The first-order valence-corrected chi connectivity index (χ1v) is 13.3. The third-order valence-electron chi connectivity index (χ3n) is 5.71. The Morgan fingerprint density at radius 2 is 1.79 bits per heavy atom. The van der Waals surface area contributed by atoms with Crippen molar-refractivity contribution >= 4 is 49.7 Å². The molecule has 0 unspecified atom stereocenters. The van der Waals surface area contributed by atoms with Gasteiger partial charge in [-0.15, -0.1) is 11.3 Å². The van der Waals surface area contributed by atoms with Crippen LogP contribution in [0, 0.1) is 13.8 Å². The number of rotatable bonds is 7. The van der Waals surface area contributed by atoms with Crippen molar-refractivity contribution in [1.29, 1.82) is 0 Å². The van der Waals surface area contributed by atoms with E-state index in [0.717, 1.165) is 27.9 Å². The van der Waals surface area contributed by atoms with Crippen molar-refractivity contribution in [3.63, 3.8) is 0 Å². The second kappa shape index (κ2) is 8.70. The minimum atomic E-state index is -3.40. The largest absolute Gasteiger partial charge is 0.325 e. The number of carbonyl (C=O) groups excluding carboxylic acids is 1. The van der Waals surface area contributed by atoms with Gasteiger partial charge in [-0.2, -0.15) is 0 Å². The molecule has 0 bridgehead atoms. The van der Waals surface area contributed by atoms with E-state index in [1.54, 1.807) is 31.6 Å². The summed E-state index contributed by atoms with van der Waals surface area (Å²) in [4.78, 5) is 21.8. The van der Waals surface area contributed by atoms with Crippen molar-refractivity contribution < 1.29 is 13.2 Å². The zero-order chi connectivity index (χ0) is 24.0. The molecular weight excluding hydrogens is 480 g/mol. The molecule has 33 heavy (non-hydrogen) atoms. The second-order valence-electron chi connectivity index (χ2n) is 8.84. The van der Waals surface area contributed by atoms with Crippen molar-refractivity contribution in [3.05, 3.63) is 57.8 Å². The van der Waals surface area contributed by atoms with Gasteiger partial charge in [0.2, 0.25) is 15.9 Å². The van der Waals surface area contributed by atoms with Gasteiger partial charge in [0.05, 0.1) is 21.4 Å². The lowest BCUT2D eigenvalue weighted by Crippen LogP contribution is -2.35. The van der Waals surface area contributed by atoms with Crippen LogP contribution in [0.2, 0.25) is 5.02 Å². The van der Waals surface area contributed by atoms with Crippen LogP contribution >= 0.6 is 22.9 Å². The summed E-state index contributed by atoms with van der Waals surface area (Å²) in [6, 6.07) is 5.81. The molecule has 1 amide bonds. The molecule has 0 spiro atoms. The standard InChI is InChI=1S/C23H25ClN4O3S2/c1-13-7-15(16-9-17(24)11-25-10-16)8-14(2)20(13)27-21(29)23(3,4)19-12-32-22(26-19)28-33(30,31)18-5-6-18/h7-12,18H,5-6H2,1-4H3,(H,26,28)(H,27,29). The number of carbonyl (C=O) groups is 1. The fourth-order valence-electron chi connectivity index (χ4n) is 3.47. The minimum Gasteiger partial charge on any atom is -0.325 e. The lowest BCUT2D eigenvalue weighted by atomic mass is 9.88. The number of pyridine rings is 1. The average molecular weight is 505 g/mol. The molecule has 0 radical (unpaired) electrons. The molecule has 0 aliphatic heterocycles. The summed E-state index contributed by atoms with van der Waals surface area (Å²) in [5.74, 6) is -0.229. The monoisotopic (exact) mass is 504 g/mol. The van der Waals surface area contributed by atoms with E-state index in [0.29, 0.717) is 23.6 Å².